The summed E-state index contributed by atoms with van der Waals surface area (Å²) in [5.41, 5.74) is 8.54. The highest BCUT2D eigenvalue weighted by Crippen LogP contribution is 2.31. The fraction of sp³-hybridized carbons (Fsp3) is 0.588. The van der Waals surface area contributed by atoms with Crippen LogP contribution in [0.3, 0.4) is 0 Å². The van der Waals surface area contributed by atoms with Crippen molar-refractivity contribution in [1.29, 1.82) is 0 Å². The third-order valence-electron chi connectivity index (χ3n) is 4.71. The maximum absolute atomic E-state index is 6.23. The molecule has 2 N–H and O–H groups in total. The summed E-state index contributed by atoms with van der Waals surface area (Å²) in [5.74, 6) is 1.16. The van der Waals surface area contributed by atoms with E-state index in [4.69, 9.17) is 10.7 Å². The smallest absolute Gasteiger partial charge is 0.151 e. The largest absolute Gasteiger partial charge is 0.352 e. The van der Waals surface area contributed by atoms with Crippen molar-refractivity contribution in [3.63, 3.8) is 0 Å². The molecule has 1 aliphatic rings. The number of hydrogen-bond acceptors (Lipinski definition) is 3. The van der Waals surface area contributed by atoms with Gasteiger partial charge in [-0.1, -0.05) is 19.9 Å². The van der Waals surface area contributed by atoms with Gasteiger partial charge in [0.2, 0.25) is 0 Å². The molecule has 0 radical (unpaired) electrons. The summed E-state index contributed by atoms with van der Waals surface area (Å²) in [7, 11) is 0. The van der Waals surface area contributed by atoms with E-state index in [2.05, 4.69) is 47.5 Å². The highest BCUT2D eigenvalue weighted by molar-refractivity contribution is 5.57. The van der Waals surface area contributed by atoms with Gasteiger partial charge in [0.05, 0.1) is 5.69 Å². The number of anilines is 1. The van der Waals surface area contributed by atoms with Crippen LogP contribution in [-0.4, -0.2) is 28.0 Å². The van der Waals surface area contributed by atoms with Gasteiger partial charge in [-0.15, -0.1) is 0 Å². The fourth-order valence-corrected chi connectivity index (χ4v) is 3.39. The molecule has 0 bridgehead atoms. The Morgan fingerprint density at radius 3 is 3.00 bits per heavy atom. The molecule has 3 rings (SSSR count). The maximum Gasteiger partial charge on any atom is 0.151 e. The summed E-state index contributed by atoms with van der Waals surface area (Å²) in [6.07, 6.45) is 7.74. The van der Waals surface area contributed by atoms with Crippen molar-refractivity contribution < 1.29 is 0 Å². The summed E-state index contributed by atoms with van der Waals surface area (Å²) < 4.78 is 2.22. The summed E-state index contributed by atoms with van der Waals surface area (Å²) in [6.45, 7) is 5.55. The van der Waals surface area contributed by atoms with Gasteiger partial charge in [-0.2, -0.15) is 0 Å². The van der Waals surface area contributed by atoms with Gasteiger partial charge in [0.15, 0.2) is 5.82 Å². The molecule has 2 aromatic heterocycles. The zero-order chi connectivity index (χ0) is 14.8. The van der Waals surface area contributed by atoms with E-state index in [1.807, 2.05) is 0 Å². The van der Waals surface area contributed by atoms with Crippen molar-refractivity contribution >= 4 is 11.5 Å². The van der Waals surface area contributed by atoms with Crippen molar-refractivity contribution in [3.05, 3.63) is 30.1 Å². The van der Waals surface area contributed by atoms with Crippen LogP contribution in [0, 0.1) is 0 Å². The molecule has 1 fully saturated rings. The zero-order valence-corrected chi connectivity index (χ0v) is 13.1. The van der Waals surface area contributed by atoms with Gasteiger partial charge in [0.25, 0.3) is 0 Å². The van der Waals surface area contributed by atoms with Gasteiger partial charge >= 0.3 is 0 Å². The highest BCUT2D eigenvalue weighted by Gasteiger charge is 2.28. The molecule has 0 amide bonds. The summed E-state index contributed by atoms with van der Waals surface area (Å²) >= 11 is 0. The quantitative estimate of drug-likeness (QED) is 0.919. The van der Waals surface area contributed by atoms with Crippen LogP contribution in [0.1, 0.15) is 45.2 Å². The lowest BCUT2D eigenvalue weighted by Gasteiger charge is -2.25. The first-order valence-corrected chi connectivity index (χ1v) is 8.22. The first-order chi connectivity index (χ1) is 10.2. The van der Waals surface area contributed by atoms with Crippen LogP contribution in [0.2, 0.25) is 0 Å². The van der Waals surface area contributed by atoms with Gasteiger partial charge in [0, 0.05) is 31.2 Å². The van der Waals surface area contributed by atoms with Gasteiger partial charge < -0.3 is 15.0 Å². The maximum atomic E-state index is 6.23. The Labute approximate surface area is 127 Å². The number of pyridine rings is 1. The summed E-state index contributed by atoms with van der Waals surface area (Å²) in [6, 6.07) is 7.04. The van der Waals surface area contributed by atoms with Crippen LogP contribution in [0.5, 0.6) is 0 Å². The third-order valence-corrected chi connectivity index (χ3v) is 4.71. The molecule has 1 aliphatic heterocycles. The second-order valence-corrected chi connectivity index (χ2v) is 6.08. The van der Waals surface area contributed by atoms with E-state index in [0.29, 0.717) is 6.04 Å². The molecule has 21 heavy (non-hydrogen) atoms. The average molecular weight is 286 g/mol. The number of imidazole rings is 1. The molecule has 1 saturated heterocycles. The first kappa shape index (κ1) is 14.4. The third kappa shape index (κ3) is 2.64. The molecule has 2 atom stereocenters. The minimum atomic E-state index is 0.200. The summed E-state index contributed by atoms with van der Waals surface area (Å²) in [4.78, 5) is 7.42. The molecular formula is C17H26N4. The molecule has 0 aromatic carbocycles. The molecule has 4 nitrogen and oxygen atoms in total. The van der Waals surface area contributed by atoms with Crippen molar-refractivity contribution in [2.24, 2.45) is 5.73 Å². The number of nitrogens with zero attached hydrogens (tertiary/aromatic N) is 3. The fourth-order valence-electron chi connectivity index (χ4n) is 3.39. The Hall–Kier alpha value is -1.55. The van der Waals surface area contributed by atoms with E-state index in [9.17, 15) is 0 Å². The number of rotatable bonds is 5. The standard InChI is InChI=1S/C17H26N4/c1-3-13(18)12-15-17(20-11-7-8-14(20)4-2)19-16-9-5-6-10-21(15)16/h5-6,9-10,13-14H,3-4,7-8,11-12,18H2,1-2H3. The molecule has 0 aliphatic carbocycles. The van der Waals surface area contributed by atoms with E-state index >= 15 is 0 Å². The Bertz CT molecular complexity index is 604. The van der Waals surface area contributed by atoms with Crippen LogP contribution >= 0.6 is 0 Å². The lowest BCUT2D eigenvalue weighted by Crippen LogP contribution is -2.31. The minimum absolute atomic E-state index is 0.200. The molecule has 4 heteroatoms. The van der Waals surface area contributed by atoms with Crippen LogP contribution in [0.25, 0.3) is 5.65 Å². The van der Waals surface area contributed by atoms with Gasteiger partial charge in [-0.05, 0) is 37.8 Å². The monoisotopic (exact) mass is 286 g/mol. The van der Waals surface area contributed by atoms with Gasteiger partial charge in [0.1, 0.15) is 5.65 Å². The van der Waals surface area contributed by atoms with Crippen molar-refractivity contribution in [2.75, 3.05) is 11.4 Å². The molecule has 2 unspecified atom stereocenters. The number of hydrogen-bond donors (Lipinski definition) is 1. The van der Waals surface area contributed by atoms with E-state index < -0.39 is 0 Å². The Balaban J connectivity index is 2.05. The lowest BCUT2D eigenvalue weighted by atomic mass is 10.1. The Morgan fingerprint density at radius 2 is 2.24 bits per heavy atom. The van der Waals surface area contributed by atoms with E-state index in [-0.39, 0.29) is 6.04 Å². The van der Waals surface area contributed by atoms with Crippen LogP contribution in [-0.2, 0) is 6.42 Å². The van der Waals surface area contributed by atoms with E-state index in [1.165, 1.54) is 25.0 Å². The highest BCUT2D eigenvalue weighted by atomic mass is 15.3. The van der Waals surface area contributed by atoms with Crippen molar-refractivity contribution in [1.82, 2.24) is 9.38 Å². The van der Waals surface area contributed by atoms with Gasteiger partial charge in [-0.25, -0.2) is 4.98 Å². The zero-order valence-electron chi connectivity index (χ0n) is 13.1. The molecule has 2 aromatic rings. The van der Waals surface area contributed by atoms with E-state index in [0.717, 1.165) is 30.9 Å². The molecule has 0 saturated carbocycles. The molecule has 0 spiro atoms. The van der Waals surface area contributed by atoms with Crippen molar-refractivity contribution in [2.45, 2.75) is 58.0 Å². The normalized spacial score (nSPS) is 20.3. The SMILES string of the molecule is CCC(N)Cc1c(N2CCCC2CC)nc2ccccn12. The van der Waals surface area contributed by atoms with Gasteiger partial charge in [-0.3, -0.25) is 0 Å². The number of fused-ring (bicyclic) bond motifs is 1. The van der Waals surface area contributed by atoms with E-state index in [1.54, 1.807) is 0 Å². The van der Waals surface area contributed by atoms with Crippen LogP contribution in [0.4, 0.5) is 5.82 Å². The van der Waals surface area contributed by atoms with Crippen molar-refractivity contribution in [3.8, 4) is 0 Å². The predicted octanol–water partition coefficient (Wildman–Crippen LogP) is 2.99. The van der Waals surface area contributed by atoms with Crippen LogP contribution < -0.4 is 10.6 Å². The molecule has 3 heterocycles. The summed E-state index contributed by atoms with van der Waals surface area (Å²) in [5, 5.41) is 0. The van der Waals surface area contributed by atoms with Crippen LogP contribution in [0.15, 0.2) is 24.4 Å². The number of nitrogens with two attached hydrogens (primary N) is 1. The second kappa shape index (κ2) is 6.06. The lowest BCUT2D eigenvalue weighted by molar-refractivity contribution is 0.617. The first-order valence-electron chi connectivity index (χ1n) is 8.22. The second-order valence-electron chi connectivity index (χ2n) is 6.08. The Kier molecular flexibility index (Phi) is 4.15. The number of aromatic nitrogens is 2. The minimum Gasteiger partial charge on any atom is -0.352 e. The molecular weight excluding hydrogens is 260 g/mol. The average Bonchev–Trinajstić information content (AvgIpc) is 3.11. The predicted molar refractivity (Wildman–Crippen MR) is 87.8 cm³/mol. The topological polar surface area (TPSA) is 46.6 Å². The molecule has 114 valence electrons. The Morgan fingerprint density at radius 1 is 1.38 bits per heavy atom.